The van der Waals surface area contributed by atoms with E-state index >= 15 is 0 Å². The normalized spacial score (nSPS) is 12.0. The van der Waals surface area contributed by atoms with E-state index in [4.69, 9.17) is 34.4 Å². The molecule has 31 heavy (non-hydrogen) atoms. The maximum Gasteiger partial charge on any atom is 0.243 e. The second-order valence-electron chi connectivity index (χ2n) is 6.53. The van der Waals surface area contributed by atoms with Gasteiger partial charge in [-0.15, -0.1) is 0 Å². The van der Waals surface area contributed by atoms with Gasteiger partial charge in [-0.2, -0.15) is 0 Å². The Morgan fingerprint density at radius 3 is 1.77 bits per heavy atom. The smallest absolute Gasteiger partial charge is 0.243 e. The van der Waals surface area contributed by atoms with Crippen LogP contribution in [0.3, 0.4) is 0 Å². The SMILES string of the molecule is NC(=O)CNC(=O)[C@H](CCCN=C(N)N)NC(=O)CNC(=O)[C@@H](N)CCCN=C(N)N. The van der Waals surface area contributed by atoms with E-state index in [-0.39, 0.29) is 31.4 Å². The van der Waals surface area contributed by atoms with E-state index in [1.807, 2.05) is 0 Å². The number of rotatable bonds is 15. The van der Waals surface area contributed by atoms with Crippen molar-refractivity contribution in [1.29, 1.82) is 0 Å². The molecule has 0 aromatic carbocycles. The summed E-state index contributed by atoms with van der Waals surface area (Å²) < 4.78 is 0. The van der Waals surface area contributed by atoms with Gasteiger partial charge in [0.25, 0.3) is 0 Å². The van der Waals surface area contributed by atoms with Gasteiger partial charge in [-0.25, -0.2) is 0 Å². The van der Waals surface area contributed by atoms with Crippen molar-refractivity contribution in [3.05, 3.63) is 0 Å². The summed E-state index contributed by atoms with van der Waals surface area (Å²) in [4.78, 5) is 54.7. The lowest BCUT2D eigenvalue weighted by molar-refractivity contribution is -0.131. The highest BCUT2D eigenvalue weighted by Gasteiger charge is 2.21. The minimum atomic E-state index is -0.980. The minimum Gasteiger partial charge on any atom is -0.370 e. The van der Waals surface area contributed by atoms with Crippen LogP contribution in [-0.4, -0.2) is 73.8 Å². The van der Waals surface area contributed by atoms with Gasteiger partial charge in [-0.1, -0.05) is 0 Å². The van der Waals surface area contributed by atoms with Gasteiger partial charge in [0, 0.05) is 13.1 Å². The molecule has 15 heteroatoms. The average molecular weight is 444 g/mol. The number of amides is 4. The number of hydrogen-bond donors (Lipinski definition) is 9. The molecule has 0 unspecified atom stereocenters. The summed E-state index contributed by atoms with van der Waals surface area (Å²) in [6.45, 7) is -0.215. The molecule has 176 valence electrons. The highest BCUT2D eigenvalue weighted by atomic mass is 16.2. The predicted molar refractivity (Wildman–Crippen MR) is 115 cm³/mol. The topological polar surface area (TPSA) is 285 Å². The van der Waals surface area contributed by atoms with Crippen molar-refractivity contribution in [2.45, 2.75) is 37.8 Å². The van der Waals surface area contributed by atoms with E-state index in [0.717, 1.165) is 0 Å². The lowest BCUT2D eigenvalue weighted by Crippen LogP contribution is -2.51. The summed E-state index contributed by atoms with van der Waals surface area (Å²) >= 11 is 0. The van der Waals surface area contributed by atoms with Crippen molar-refractivity contribution in [2.75, 3.05) is 26.2 Å². The number of guanidine groups is 2. The van der Waals surface area contributed by atoms with Crippen LogP contribution in [0.15, 0.2) is 9.98 Å². The first-order valence-electron chi connectivity index (χ1n) is 9.52. The largest absolute Gasteiger partial charge is 0.370 e. The van der Waals surface area contributed by atoms with E-state index in [1.54, 1.807) is 0 Å². The van der Waals surface area contributed by atoms with Crippen LogP contribution in [-0.2, 0) is 19.2 Å². The zero-order valence-electron chi connectivity index (χ0n) is 17.3. The van der Waals surface area contributed by atoms with Gasteiger partial charge in [0.1, 0.15) is 6.04 Å². The molecule has 0 heterocycles. The van der Waals surface area contributed by atoms with Crippen molar-refractivity contribution in [3.8, 4) is 0 Å². The molecule has 0 rings (SSSR count). The fourth-order valence-electron chi connectivity index (χ4n) is 2.26. The molecule has 0 saturated carbocycles. The maximum absolute atomic E-state index is 12.2. The Morgan fingerprint density at radius 2 is 1.26 bits per heavy atom. The Kier molecular flexibility index (Phi) is 13.5. The number of hydrogen-bond acceptors (Lipinski definition) is 7. The molecule has 0 fully saturated rings. The second kappa shape index (κ2) is 15.3. The Hall–Kier alpha value is -3.62. The van der Waals surface area contributed by atoms with Crippen LogP contribution < -0.4 is 50.4 Å². The molecule has 0 spiro atoms. The van der Waals surface area contributed by atoms with E-state index in [2.05, 4.69) is 25.9 Å². The van der Waals surface area contributed by atoms with Crippen LogP contribution >= 0.6 is 0 Å². The summed E-state index contributed by atoms with van der Waals surface area (Å²) in [7, 11) is 0. The zero-order chi connectivity index (χ0) is 23.8. The molecule has 0 radical (unpaired) electrons. The fourth-order valence-corrected chi connectivity index (χ4v) is 2.26. The van der Waals surface area contributed by atoms with E-state index in [1.165, 1.54) is 0 Å². The van der Waals surface area contributed by atoms with Gasteiger partial charge in [0.15, 0.2) is 11.9 Å². The van der Waals surface area contributed by atoms with Crippen LogP contribution in [0.4, 0.5) is 0 Å². The molecule has 0 aromatic rings. The van der Waals surface area contributed by atoms with Crippen molar-refractivity contribution in [3.63, 3.8) is 0 Å². The number of aliphatic imine (C=N–C) groups is 2. The van der Waals surface area contributed by atoms with E-state index in [0.29, 0.717) is 25.8 Å². The summed E-state index contributed by atoms with van der Waals surface area (Å²) in [5.74, 6) is -2.66. The second-order valence-corrected chi connectivity index (χ2v) is 6.53. The summed E-state index contributed by atoms with van der Waals surface area (Å²) in [6, 6.07) is -1.83. The zero-order valence-corrected chi connectivity index (χ0v) is 17.3. The number of primary amides is 1. The van der Waals surface area contributed by atoms with Crippen LogP contribution in [0.5, 0.6) is 0 Å². The third-order valence-corrected chi connectivity index (χ3v) is 3.76. The van der Waals surface area contributed by atoms with Gasteiger partial charge in [-0.05, 0) is 25.7 Å². The first-order chi connectivity index (χ1) is 14.5. The molecule has 4 amide bonds. The van der Waals surface area contributed by atoms with Gasteiger partial charge in [0.2, 0.25) is 23.6 Å². The Morgan fingerprint density at radius 1 is 0.742 bits per heavy atom. The molecule has 0 aliphatic carbocycles. The first-order valence-corrected chi connectivity index (χ1v) is 9.52. The van der Waals surface area contributed by atoms with Crippen molar-refractivity contribution < 1.29 is 19.2 Å². The quantitative estimate of drug-likeness (QED) is 0.0662. The third-order valence-electron chi connectivity index (χ3n) is 3.76. The minimum absolute atomic E-state index is 0.0533. The summed E-state index contributed by atoms with van der Waals surface area (Å²) in [5, 5.41) is 7.17. The highest BCUT2D eigenvalue weighted by molar-refractivity contribution is 5.92. The van der Waals surface area contributed by atoms with E-state index < -0.39 is 42.3 Å². The van der Waals surface area contributed by atoms with Crippen LogP contribution in [0, 0.1) is 0 Å². The summed E-state index contributed by atoms with van der Waals surface area (Å²) in [6.07, 6.45) is 1.36. The molecule has 0 aliphatic rings. The van der Waals surface area contributed by atoms with Crippen LogP contribution in [0.1, 0.15) is 25.7 Å². The number of nitrogens with one attached hydrogen (secondary N) is 3. The van der Waals surface area contributed by atoms with Gasteiger partial charge >= 0.3 is 0 Å². The van der Waals surface area contributed by atoms with Gasteiger partial charge < -0.3 is 50.4 Å². The first kappa shape index (κ1) is 27.4. The molecule has 0 saturated heterocycles. The predicted octanol–water partition coefficient (Wildman–Crippen LogP) is -5.38. The fraction of sp³-hybridized carbons (Fsp3) is 0.625. The van der Waals surface area contributed by atoms with Crippen LogP contribution in [0.2, 0.25) is 0 Å². The lowest BCUT2D eigenvalue weighted by Gasteiger charge is -2.18. The van der Waals surface area contributed by atoms with E-state index in [9.17, 15) is 19.2 Å². The van der Waals surface area contributed by atoms with Crippen molar-refractivity contribution in [2.24, 2.45) is 44.4 Å². The number of nitrogens with two attached hydrogens (primary N) is 6. The molecule has 0 bridgehead atoms. The maximum atomic E-state index is 12.2. The Bertz CT molecular complexity index is 672. The van der Waals surface area contributed by atoms with Crippen molar-refractivity contribution >= 4 is 35.5 Å². The van der Waals surface area contributed by atoms with Gasteiger partial charge in [0.05, 0.1) is 19.1 Å². The molecular weight excluding hydrogens is 410 g/mol. The lowest BCUT2D eigenvalue weighted by atomic mass is 10.1. The molecule has 2 atom stereocenters. The standard InChI is InChI=1S/C16H33N11O4/c17-9(3-1-5-23-15(19)20)13(30)26-8-12(29)27-10(4-2-6-24-16(21)22)14(31)25-7-11(18)28/h9-10H,1-8,17H2,(H2,18,28)(H,25,31)(H,26,30)(H,27,29)(H4,19,20,23)(H4,21,22,24)/t9-,10-/m0/s1. The van der Waals surface area contributed by atoms with Crippen LogP contribution in [0.25, 0.3) is 0 Å². The Balaban J connectivity index is 4.58. The molecule has 0 aromatic heterocycles. The third kappa shape index (κ3) is 15.0. The highest BCUT2D eigenvalue weighted by Crippen LogP contribution is 1.99. The average Bonchev–Trinajstić information content (AvgIpc) is 2.69. The summed E-state index contributed by atoms with van der Waals surface area (Å²) in [5.41, 5.74) is 31.6. The molecule has 0 aliphatic heterocycles. The Labute approximate surface area is 179 Å². The molecule has 15 N–H and O–H groups in total. The number of nitrogens with zero attached hydrogens (tertiary/aromatic N) is 2. The molecule has 15 nitrogen and oxygen atoms in total. The van der Waals surface area contributed by atoms with Crippen molar-refractivity contribution in [1.82, 2.24) is 16.0 Å². The molecular formula is C16H33N11O4. The number of carbonyl (C=O) groups is 4. The monoisotopic (exact) mass is 443 g/mol. The number of carbonyl (C=O) groups excluding carboxylic acids is 4. The van der Waals surface area contributed by atoms with Gasteiger partial charge in [-0.3, -0.25) is 29.2 Å².